The molecule has 3 heterocycles. The van der Waals surface area contributed by atoms with Crippen molar-refractivity contribution in [2.45, 2.75) is 115 Å². The van der Waals surface area contributed by atoms with E-state index in [4.69, 9.17) is 14.2 Å². The minimum atomic E-state index is -1.22. The second-order valence-electron chi connectivity index (χ2n) is 13.6. The number of carbonyl (C=O) groups excluding carboxylic acids is 5. The first kappa shape index (κ1) is 33.3. The molecule has 1 saturated carbocycles. The van der Waals surface area contributed by atoms with Crippen LogP contribution in [0.25, 0.3) is 0 Å². The second kappa shape index (κ2) is 13.7. The highest BCUT2D eigenvalue weighted by Gasteiger charge is 2.62. The van der Waals surface area contributed by atoms with Crippen LogP contribution < -0.4 is 10.6 Å². The molecule has 3 aliphatic heterocycles. The smallest absolute Gasteiger partial charge is 0.410 e. The molecule has 12 heteroatoms. The molecule has 1 saturated heterocycles. The number of alkyl carbamates (subject to hydrolysis) is 1. The van der Waals surface area contributed by atoms with E-state index in [9.17, 15) is 24.0 Å². The molecule has 1 aliphatic carbocycles. The van der Waals surface area contributed by atoms with Gasteiger partial charge in [-0.3, -0.25) is 14.5 Å². The number of esters is 1. The number of carbonyl (C=O) groups is 5. The molecule has 4 amide bonds. The van der Waals surface area contributed by atoms with Crippen molar-refractivity contribution in [3.63, 3.8) is 0 Å². The van der Waals surface area contributed by atoms with Crippen molar-refractivity contribution in [2.24, 2.45) is 5.92 Å². The number of hydrogen-bond acceptors (Lipinski definition) is 8. The van der Waals surface area contributed by atoms with Gasteiger partial charge in [-0.15, -0.1) is 0 Å². The van der Waals surface area contributed by atoms with E-state index in [1.807, 2.05) is 36.4 Å². The Bertz CT molecular complexity index is 1350. The van der Waals surface area contributed by atoms with E-state index in [1.165, 1.54) is 4.90 Å². The van der Waals surface area contributed by atoms with Crippen LogP contribution >= 0.6 is 0 Å². The Balaban J connectivity index is 1.38. The van der Waals surface area contributed by atoms with Crippen LogP contribution in [0.3, 0.4) is 0 Å². The van der Waals surface area contributed by atoms with Gasteiger partial charge in [-0.1, -0.05) is 49.3 Å². The summed E-state index contributed by atoms with van der Waals surface area (Å²) in [4.78, 5) is 70.3. The normalized spacial score (nSPS) is 28.8. The first-order chi connectivity index (χ1) is 21.9. The fourth-order valence-corrected chi connectivity index (χ4v) is 6.52. The standard InChI is InChI=1S/C34H46N4O8/c1-5-44-30(41)34-18-24(34)15-9-7-6-8-10-16-26(35-31(42)46-33(2,3)4)29(40)38-21-25(17-27(38)28(39)36-34)45-32(43)37-19-22-13-11-12-14-23(22)20-37/h9,11-15,24-27H,5-8,10,16-21H2,1-4H3,(H,35,42)(H,36,39)/b15-9-/t24-,25+,26-,27-,34+/m0/s1. The van der Waals surface area contributed by atoms with E-state index in [-0.39, 0.29) is 25.5 Å². The summed E-state index contributed by atoms with van der Waals surface area (Å²) in [6, 6.07) is 5.79. The van der Waals surface area contributed by atoms with Gasteiger partial charge in [0.1, 0.15) is 29.3 Å². The van der Waals surface area contributed by atoms with Crippen molar-refractivity contribution >= 4 is 30.0 Å². The minimum Gasteiger partial charge on any atom is -0.464 e. The lowest BCUT2D eigenvalue weighted by Gasteiger charge is -2.30. The molecular formula is C34H46N4O8. The fraction of sp³-hybridized carbons (Fsp3) is 0.618. The zero-order chi connectivity index (χ0) is 33.1. The number of amides is 4. The van der Waals surface area contributed by atoms with Crippen molar-refractivity contribution < 1.29 is 38.2 Å². The highest BCUT2D eigenvalue weighted by molar-refractivity contribution is 5.96. The molecule has 0 unspecified atom stereocenters. The quantitative estimate of drug-likeness (QED) is 0.287. The van der Waals surface area contributed by atoms with Gasteiger partial charge in [0.25, 0.3) is 0 Å². The Morgan fingerprint density at radius 3 is 2.46 bits per heavy atom. The van der Waals surface area contributed by atoms with Crippen molar-refractivity contribution in [1.29, 1.82) is 0 Å². The Kier molecular flexibility index (Phi) is 9.93. The topological polar surface area (TPSA) is 144 Å². The molecular weight excluding hydrogens is 592 g/mol. The van der Waals surface area contributed by atoms with Gasteiger partial charge in [0.2, 0.25) is 11.8 Å². The zero-order valence-electron chi connectivity index (χ0n) is 27.2. The lowest BCUT2D eigenvalue weighted by Crippen LogP contribution is -2.56. The summed E-state index contributed by atoms with van der Waals surface area (Å²) in [6.07, 6.45) is 5.85. The van der Waals surface area contributed by atoms with Gasteiger partial charge in [-0.25, -0.2) is 14.4 Å². The van der Waals surface area contributed by atoms with Crippen molar-refractivity contribution in [2.75, 3.05) is 13.2 Å². The fourth-order valence-electron chi connectivity index (χ4n) is 6.52. The largest absolute Gasteiger partial charge is 0.464 e. The lowest BCUT2D eigenvalue weighted by molar-refractivity contribution is -0.150. The zero-order valence-corrected chi connectivity index (χ0v) is 27.2. The minimum absolute atomic E-state index is 0.0360. The molecule has 0 bridgehead atoms. The predicted octanol–water partition coefficient (Wildman–Crippen LogP) is 3.96. The summed E-state index contributed by atoms with van der Waals surface area (Å²) in [5, 5.41) is 5.65. The molecule has 4 aliphatic rings. The van der Waals surface area contributed by atoms with Crippen LogP contribution in [0.5, 0.6) is 0 Å². The van der Waals surface area contributed by atoms with Crippen LogP contribution in [-0.2, 0) is 41.7 Å². The molecule has 0 spiro atoms. The summed E-state index contributed by atoms with van der Waals surface area (Å²) in [5.41, 5.74) is 0.0948. The third kappa shape index (κ3) is 7.64. The first-order valence-corrected chi connectivity index (χ1v) is 16.4. The van der Waals surface area contributed by atoms with E-state index in [0.717, 1.165) is 30.4 Å². The molecule has 5 atom stereocenters. The number of rotatable bonds is 4. The van der Waals surface area contributed by atoms with Crippen LogP contribution in [-0.4, -0.2) is 82.2 Å². The summed E-state index contributed by atoms with van der Waals surface area (Å²) in [6.45, 7) is 7.87. The Morgan fingerprint density at radius 1 is 1.07 bits per heavy atom. The van der Waals surface area contributed by atoms with Gasteiger partial charge in [0.15, 0.2) is 0 Å². The van der Waals surface area contributed by atoms with Gasteiger partial charge in [0, 0.05) is 25.4 Å². The molecule has 2 fully saturated rings. The highest BCUT2D eigenvalue weighted by Crippen LogP contribution is 2.46. The van der Waals surface area contributed by atoms with Crippen molar-refractivity contribution in [1.82, 2.24) is 20.4 Å². The molecule has 1 aromatic carbocycles. The van der Waals surface area contributed by atoms with Crippen LogP contribution in [0.1, 0.15) is 83.8 Å². The average Bonchev–Trinajstić information content (AvgIpc) is 3.31. The monoisotopic (exact) mass is 638 g/mol. The average molecular weight is 639 g/mol. The van der Waals surface area contributed by atoms with Gasteiger partial charge in [-0.05, 0) is 64.5 Å². The maximum Gasteiger partial charge on any atom is 0.410 e. The van der Waals surface area contributed by atoms with E-state index >= 15 is 0 Å². The maximum atomic E-state index is 14.2. The molecule has 1 aromatic rings. The number of benzene rings is 1. The SMILES string of the molecule is CCOC(=O)[C@@]12C[C@@H]1/C=C\CCCCC[C@H](NC(=O)OC(C)(C)C)C(=O)N1C[C@H](OC(=O)N3Cc4ccccc4C3)C[C@H]1C(=O)N2. The maximum absolute atomic E-state index is 14.2. The predicted molar refractivity (Wildman–Crippen MR) is 167 cm³/mol. The Hall–Kier alpha value is -4.09. The number of ether oxygens (including phenoxy) is 3. The van der Waals surface area contributed by atoms with Crippen LogP contribution in [0, 0.1) is 5.92 Å². The summed E-state index contributed by atoms with van der Waals surface area (Å²) in [5.74, 6) is -1.74. The van der Waals surface area contributed by atoms with E-state index in [2.05, 4.69) is 10.6 Å². The van der Waals surface area contributed by atoms with Gasteiger partial charge in [-0.2, -0.15) is 0 Å². The van der Waals surface area contributed by atoms with E-state index in [1.54, 1.807) is 32.6 Å². The van der Waals surface area contributed by atoms with Crippen LogP contribution in [0.4, 0.5) is 9.59 Å². The number of hydrogen-bond donors (Lipinski definition) is 2. The highest BCUT2D eigenvalue weighted by atomic mass is 16.6. The van der Waals surface area contributed by atoms with Crippen LogP contribution in [0.15, 0.2) is 36.4 Å². The second-order valence-corrected chi connectivity index (χ2v) is 13.6. The summed E-state index contributed by atoms with van der Waals surface area (Å²) >= 11 is 0. The molecule has 5 rings (SSSR count). The summed E-state index contributed by atoms with van der Waals surface area (Å²) in [7, 11) is 0. The molecule has 2 N–H and O–H groups in total. The third-order valence-electron chi connectivity index (χ3n) is 8.94. The van der Waals surface area contributed by atoms with Gasteiger partial charge in [0.05, 0.1) is 13.2 Å². The molecule has 0 aromatic heterocycles. The number of allylic oxidation sites excluding steroid dienone is 1. The molecule has 12 nitrogen and oxygen atoms in total. The summed E-state index contributed by atoms with van der Waals surface area (Å²) < 4.78 is 16.7. The first-order valence-electron chi connectivity index (χ1n) is 16.4. The Labute approximate surface area is 270 Å². The molecule has 250 valence electrons. The van der Waals surface area contributed by atoms with Gasteiger partial charge >= 0.3 is 18.2 Å². The third-order valence-corrected chi connectivity index (χ3v) is 8.94. The Morgan fingerprint density at radius 2 is 1.78 bits per heavy atom. The number of nitrogens with one attached hydrogen (secondary N) is 2. The van der Waals surface area contributed by atoms with Crippen molar-refractivity contribution in [3.8, 4) is 0 Å². The van der Waals surface area contributed by atoms with Crippen molar-refractivity contribution in [3.05, 3.63) is 47.5 Å². The number of nitrogens with zero attached hydrogens (tertiary/aromatic N) is 2. The molecule has 46 heavy (non-hydrogen) atoms. The lowest BCUT2D eigenvalue weighted by atomic mass is 10.0. The van der Waals surface area contributed by atoms with E-state index in [0.29, 0.717) is 32.4 Å². The number of fused-ring (bicyclic) bond motifs is 3. The van der Waals surface area contributed by atoms with Gasteiger partial charge < -0.3 is 29.7 Å². The van der Waals surface area contributed by atoms with Crippen LogP contribution in [0.2, 0.25) is 0 Å². The van der Waals surface area contributed by atoms with E-state index < -0.39 is 59.3 Å². The molecule has 0 radical (unpaired) electrons.